The predicted octanol–water partition coefficient (Wildman–Crippen LogP) is 3.03. The molecular formula is C12H13Cl2NO2S. The zero-order chi connectivity index (χ0) is 13.8. The van der Waals surface area contributed by atoms with Crippen molar-refractivity contribution in [2.75, 3.05) is 13.1 Å². The van der Waals surface area contributed by atoms with Crippen molar-refractivity contribution >= 4 is 33.2 Å². The number of halogens is 2. The van der Waals surface area contributed by atoms with Gasteiger partial charge in [0.25, 0.3) is 0 Å². The third-order valence-corrected chi connectivity index (χ3v) is 4.47. The molecule has 0 aliphatic heterocycles. The van der Waals surface area contributed by atoms with Crippen molar-refractivity contribution in [1.29, 1.82) is 0 Å². The van der Waals surface area contributed by atoms with Crippen LogP contribution in [0.4, 0.5) is 0 Å². The Morgan fingerprint density at radius 3 is 2.28 bits per heavy atom. The fraction of sp³-hybridized carbons (Fsp3) is 0.333. The molecule has 0 saturated heterocycles. The van der Waals surface area contributed by atoms with E-state index in [-0.39, 0.29) is 21.5 Å². The average molecular weight is 306 g/mol. The summed E-state index contributed by atoms with van der Waals surface area (Å²) in [6.45, 7) is 2.26. The van der Waals surface area contributed by atoms with E-state index in [2.05, 4.69) is 5.92 Å². The lowest BCUT2D eigenvalue weighted by atomic mass is 10.4. The number of benzene rings is 1. The van der Waals surface area contributed by atoms with Gasteiger partial charge in [-0.15, -0.1) is 6.42 Å². The van der Waals surface area contributed by atoms with E-state index in [1.54, 1.807) is 0 Å². The number of terminal acetylenes is 1. The van der Waals surface area contributed by atoms with E-state index in [0.717, 1.165) is 0 Å². The molecule has 0 saturated carbocycles. The monoisotopic (exact) mass is 305 g/mol. The zero-order valence-electron chi connectivity index (χ0n) is 9.86. The van der Waals surface area contributed by atoms with Crippen molar-refractivity contribution in [3.8, 4) is 12.3 Å². The van der Waals surface area contributed by atoms with Gasteiger partial charge in [0.05, 0.1) is 11.4 Å². The number of hydrogen-bond donors (Lipinski definition) is 0. The van der Waals surface area contributed by atoms with Crippen molar-refractivity contribution in [3.63, 3.8) is 0 Å². The first-order valence-electron chi connectivity index (χ1n) is 5.31. The Bertz CT molecular complexity index is 544. The van der Waals surface area contributed by atoms with Crippen LogP contribution in [0.3, 0.4) is 0 Å². The maximum atomic E-state index is 12.3. The summed E-state index contributed by atoms with van der Waals surface area (Å²) >= 11 is 11.6. The molecule has 1 aromatic rings. The van der Waals surface area contributed by atoms with E-state index in [1.165, 1.54) is 22.5 Å². The van der Waals surface area contributed by atoms with Crippen molar-refractivity contribution in [1.82, 2.24) is 4.31 Å². The van der Waals surface area contributed by atoms with Gasteiger partial charge in [-0.25, -0.2) is 8.42 Å². The van der Waals surface area contributed by atoms with Gasteiger partial charge < -0.3 is 0 Å². The topological polar surface area (TPSA) is 37.4 Å². The highest BCUT2D eigenvalue weighted by Crippen LogP contribution is 2.24. The summed E-state index contributed by atoms with van der Waals surface area (Å²) in [5.41, 5.74) is 0. The van der Waals surface area contributed by atoms with Gasteiger partial charge in [0, 0.05) is 16.6 Å². The van der Waals surface area contributed by atoms with Gasteiger partial charge in [0.1, 0.15) is 0 Å². The standard InChI is InChI=1S/C12H13Cl2NO2S/c1-3-5-15(6-4-2)18(16,17)12-8-10(13)7-11(14)9-12/h1,7-9H,4-6H2,2H3. The Hall–Kier alpha value is -0.730. The molecule has 0 unspecified atom stereocenters. The largest absolute Gasteiger partial charge is 0.244 e. The Kier molecular flexibility index (Phi) is 5.48. The molecule has 18 heavy (non-hydrogen) atoms. The zero-order valence-corrected chi connectivity index (χ0v) is 12.2. The van der Waals surface area contributed by atoms with E-state index in [9.17, 15) is 8.42 Å². The maximum Gasteiger partial charge on any atom is 0.244 e. The number of rotatable bonds is 5. The predicted molar refractivity (Wildman–Crippen MR) is 74.3 cm³/mol. The number of sulfonamides is 1. The van der Waals surface area contributed by atoms with Crippen LogP contribution in [0.1, 0.15) is 13.3 Å². The second kappa shape index (κ2) is 6.44. The van der Waals surface area contributed by atoms with Crippen LogP contribution in [-0.2, 0) is 10.0 Å². The number of nitrogens with zero attached hydrogens (tertiary/aromatic N) is 1. The molecule has 0 aromatic heterocycles. The highest BCUT2D eigenvalue weighted by atomic mass is 35.5. The molecular weight excluding hydrogens is 293 g/mol. The molecule has 0 aliphatic rings. The lowest BCUT2D eigenvalue weighted by Crippen LogP contribution is -2.32. The van der Waals surface area contributed by atoms with Gasteiger partial charge in [-0.1, -0.05) is 36.0 Å². The molecule has 98 valence electrons. The second-order valence-electron chi connectivity index (χ2n) is 3.65. The molecule has 0 bridgehead atoms. The lowest BCUT2D eigenvalue weighted by molar-refractivity contribution is 0.445. The molecule has 1 rings (SSSR count). The van der Waals surface area contributed by atoms with Gasteiger partial charge in [0.15, 0.2) is 0 Å². The van der Waals surface area contributed by atoms with Gasteiger partial charge in [0.2, 0.25) is 10.0 Å². The summed E-state index contributed by atoms with van der Waals surface area (Å²) < 4.78 is 25.9. The quantitative estimate of drug-likeness (QED) is 0.784. The highest BCUT2D eigenvalue weighted by Gasteiger charge is 2.23. The molecule has 0 atom stereocenters. The molecule has 0 heterocycles. The lowest BCUT2D eigenvalue weighted by Gasteiger charge is -2.19. The van der Waals surface area contributed by atoms with E-state index in [1.807, 2.05) is 6.92 Å². The highest BCUT2D eigenvalue weighted by molar-refractivity contribution is 7.89. The van der Waals surface area contributed by atoms with Crippen LogP contribution >= 0.6 is 23.2 Å². The Labute approximate surface area is 118 Å². The van der Waals surface area contributed by atoms with Crippen molar-refractivity contribution < 1.29 is 8.42 Å². The average Bonchev–Trinajstić information content (AvgIpc) is 2.27. The molecule has 0 N–H and O–H groups in total. The molecule has 0 spiro atoms. The molecule has 3 nitrogen and oxygen atoms in total. The Morgan fingerprint density at radius 2 is 1.83 bits per heavy atom. The summed E-state index contributed by atoms with van der Waals surface area (Å²) in [5, 5.41) is 0.552. The normalized spacial score (nSPS) is 11.5. The van der Waals surface area contributed by atoms with Gasteiger partial charge in [-0.05, 0) is 24.6 Å². The number of hydrogen-bond acceptors (Lipinski definition) is 2. The first-order valence-corrected chi connectivity index (χ1v) is 7.51. The molecule has 0 radical (unpaired) electrons. The van der Waals surface area contributed by atoms with Gasteiger partial charge >= 0.3 is 0 Å². The smallest absolute Gasteiger partial charge is 0.207 e. The van der Waals surface area contributed by atoms with Crippen LogP contribution in [0.5, 0.6) is 0 Å². The van der Waals surface area contributed by atoms with E-state index in [4.69, 9.17) is 29.6 Å². The Morgan fingerprint density at radius 1 is 1.28 bits per heavy atom. The van der Waals surface area contributed by atoms with Crippen molar-refractivity contribution in [3.05, 3.63) is 28.2 Å². The van der Waals surface area contributed by atoms with Crippen molar-refractivity contribution in [2.45, 2.75) is 18.2 Å². The fourth-order valence-corrected chi connectivity index (χ4v) is 3.63. The van der Waals surface area contributed by atoms with Crippen LogP contribution in [-0.4, -0.2) is 25.8 Å². The van der Waals surface area contributed by atoms with Crippen LogP contribution in [0.15, 0.2) is 23.1 Å². The minimum atomic E-state index is -3.65. The molecule has 0 aliphatic carbocycles. The van der Waals surface area contributed by atoms with Crippen LogP contribution in [0.25, 0.3) is 0 Å². The summed E-state index contributed by atoms with van der Waals surface area (Å²) in [6.07, 6.45) is 5.86. The summed E-state index contributed by atoms with van der Waals surface area (Å²) in [4.78, 5) is 0.0590. The molecule has 0 fully saturated rings. The molecule has 1 aromatic carbocycles. The SMILES string of the molecule is C#CCN(CCC)S(=O)(=O)c1cc(Cl)cc(Cl)c1. The summed E-state index contributed by atoms with van der Waals surface area (Å²) in [7, 11) is -3.65. The first kappa shape index (κ1) is 15.3. The minimum absolute atomic E-state index is 0.0281. The summed E-state index contributed by atoms with van der Waals surface area (Å²) in [5.74, 6) is 2.34. The van der Waals surface area contributed by atoms with Crippen LogP contribution < -0.4 is 0 Å². The third-order valence-electron chi connectivity index (χ3n) is 2.21. The van der Waals surface area contributed by atoms with Crippen LogP contribution in [0, 0.1) is 12.3 Å². The van der Waals surface area contributed by atoms with E-state index in [0.29, 0.717) is 13.0 Å². The van der Waals surface area contributed by atoms with Gasteiger partial charge in [-0.2, -0.15) is 4.31 Å². The van der Waals surface area contributed by atoms with Crippen molar-refractivity contribution in [2.24, 2.45) is 0 Å². The van der Waals surface area contributed by atoms with Gasteiger partial charge in [-0.3, -0.25) is 0 Å². The Balaban J connectivity index is 3.22. The fourth-order valence-electron chi connectivity index (χ4n) is 1.46. The maximum absolute atomic E-state index is 12.3. The second-order valence-corrected chi connectivity index (χ2v) is 6.46. The van der Waals surface area contributed by atoms with E-state index >= 15 is 0 Å². The van der Waals surface area contributed by atoms with Crippen LogP contribution in [0.2, 0.25) is 10.0 Å². The minimum Gasteiger partial charge on any atom is -0.207 e. The summed E-state index contributed by atoms with van der Waals surface area (Å²) in [6, 6.07) is 4.21. The first-order chi connectivity index (χ1) is 8.41. The third kappa shape index (κ3) is 3.63. The molecule has 6 heteroatoms. The van der Waals surface area contributed by atoms with E-state index < -0.39 is 10.0 Å². The molecule has 0 amide bonds.